The predicted molar refractivity (Wildman–Crippen MR) is 97.7 cm³/mol. The third-order valence-electron chi connectivity index (χ3n) is 4.22. The highest BCUT2D eigenvalue weighted by atomic mass is 16.1. The monoisotopic (exact) mass is 347 g/mol. The number of nitrogens with zero attached hydrogens (tertiary/aromatic N) is 3. The van der Waals surface area contributed by atoms with Gasteiger partial charge in [0.15, 0.2) is 0 Å². The lowest BCUT2D eigenvalue weighted by Gasteiger charge is -2.05. The van der Waals surface area contributed by atoms with Gasteiger partial charge in [-0.25, -0.2) is 9.97 Å². The van der Waals surface area contributed by atoms with Crippen LogP contribution in [0.25, 0.3) is 16.6 Å². The number of hydrogen-bond donors (Lipinski definition) is 2. The number of benzene rings is 1. The van der Waals surface area contributed by atoms with Crippen LogP contribution in [0, 0.1) is 0 Å². The number of amides is 1. The lowest BCUT2D eigenvalue weighted by atomic mass is 10.2. The minimum absolute atomic E-state index is 0.146. The second kappa shape index (κ2) is 6.79. The Bertz CT molecular complexity index is 1150. The van der Waals surface area contributed by atoms with Crippen molar-refractivity contribution in [3.05, 3.63) is 76.7 Å². The molecule has 4 rings (SSSR count). The van der Waals surface area contributed by atoms with Crippen LogP contribution < -0.4 is 10.9 Å². The van der Waals surface area contributed by atoms with Crippen LogP contribution in [0.2, 0.25) is 0 Å². The van der Waals surface area contributed by atoms with Gasteiger partial charge in [-0.15, -0.1) is 0 Å². The number of H-pyrrole nitrogens is 1. The average molecular weight is 347 g/mol. The number of nitrogens with one attached hydrogen (secondary N) is 2. The van der Waals surface area contributed by atoms with Crippen LogP contribution in [0.15, 0.2) is 59.7 Å². The molecule has 4 aromatic rings. The largest absolute Gasteiger partial charge is 0.349 e. The Morgan fingerprint density at radius 2 is 2.00 bits per heavy atom. The number of aryl methyl sites for hydroxylation is 1. The Morgan fingerprint density at radius 3 is 2.92 bits per heavy atom. The van der Waals surface area contributed by atoms with Crippen LogP contribution in [-0.4, -0.2) is 25.3 Å². The molecule has 0 aliphatic heterocycles. The summed E-state index contributed by atoms with van der Waals surface area (Å²) < 4.78 is 1.93. The van der Waals surface area contributed by atoms with E-state index in [9.17, 15) is 9.59 Å². The average Bonchev–Trinajstić information content (AvgIpc) is 3.08. The summed E-state index contributed by atoms with van der Waals surface area (Å²) in [5.41, 5.74) is 2.49. The van der Waals surface area contributed by atoms with Crippen molar-refractivity contribution in [1.29, 1.82) is 0 Å². The van der Waals surface area contributed by atoms with E-state index in [2.05, 4.69) is 20.3 Å². The molecule has 130 valence electrons. The van der Waals surface area contributed by atoms with Crippen molar-refractivity contribution >= 4 is 22.5 Å². The molecule has 0 atom stereocenters. The van der Waals surface area contributed by atoms with E-state index >= 15 is 0 Å². The number of imidazole rings is 1. The molecule has 0 radical (unpaired) electrons. The second-order valence-corrected chi connectivity index (χ2v) is 5.98. The number of fused-ring (bicyclic) bond motifs is 2. The lowest BCUT2D eigenvalue weighted by molar-refractivity contribution is -0.121. The highest BCUT2D eigenvalue weighted by molar-refractivity contribution is 5.76. The summed E-state index contributed by atoms with van der Waals surface area (Å²) in [5.74, 6) is 0.614. The van der Waals surface area contributed by atoms with Gasteiger partial charge in [0.05, 0.1) is 29.3 Å². The number of para-hydroxylation sites is 2. The van der Waals surface area contributed by atoms with Crippen LogP contribution >= 0.6 is 0 Å². The van der Waals surface area contributed by atoms with Gasteiger partial charge in [-0.2, -0.15) is 0 Å². The van der Waals surface area contributed by atoms with Gasteiger partial charge in [0, 0.05) is 19.0 Å². The number of rotatable bonds is 5. The van der Waals surface area contributed by atoms with Crippen molar-refractivity contribution in [1.82, 2.24) is 24.7 Å². The molecule has 2 N–H and O–H groups in total. The van der Waals surface area contributed by atoms with E-state index < -0.39 is 0 Å². The van der Waals surface area contributed by atoms with E-state index in [1.165, 1.54) is 0 Å². The molecular weight excluding hydrogens is 330 g/mol. The van der Waals surface area contributed by atoms with E-state index in [0.717, 1.165) is 11.3 Å². The lowest BCUT2D eigenvalue weighted by Crippen LogP contribution is -2.25. The zero-order valence-electron chi connectivity index (χ0n) is 14.0. The molecule has 0 saturated carbocycles. The van der Waals surface area contributed by atoms with Gasteiger partial charge in [0.1, 0.15) is 11.5 Å². The maximum atomic E-state index is 12.1. The number of aromatic nitrogens is 4. The summed E-state index contributed by atoms with van der Waals surface area (Å²) in [7, 11) is 0. The van der Waals surface area contributed by atoms with E-state index in [-0.39, 0.29) is 24.3 Å². The quantitative estimate of drug-likeness (QED) is 0.576. The van der Waals surface area contributed by atoms with Crippen molar-refractivity contribution < 1.29 is 4.79 Å². The Morgan fingerprint density at radius 1 is 1.15 bits per heavy atom. The normalized spacial score (nSPS) is 11.1. The first-order valence-corrected chi connectivity index (χ1v) is 8.36. The molecule has 7 nitrogen and oxygen atoms in total. The van der Waals surface area contributed by atoms with E-state index in [0.29, 0.717) is 23.3 Å². The van der Waals surface area contributed by atoms with Crippen molar-refractivity contribution in [3.63, 3.8) is 0 Å². The van der Waals surface area contributed by atoms with Crippen LogP contribution in [0.4, 0.5) is 0 Å². The fourth-order valence-electron chi connectivity index (χ4n) is 2.87. The summed E-state index contributed by atoms with van der Waals surface area (Å²) in [5, 5.41) is 2.84. The Hall–Kier alpha value is -3.48. The third-order valence-corrected chi connectivity index (χ3v) is 4.22. The number of hydrogen-bond acceptors (Lipinski definition) is 4. The molecule has 0 fully saturated rings. The van der Waals surface area contributed by atoms with Crippen LogP contribution in [0.3, 0.4) is 0 Å². The van der Waals surface area contributed by atoms with E-state index in [1.54, 1.807) is 12.3 Å². The molecular formula is C19H17N5O2. The molecule has 0 bridgehead atoms. The molecule has 0 saturated heterocycles. The van der Waals surface area contributed by atoms with Crippen molar-refractivity contribution in [2.45, 2.75) is 19.4 Å². The molecule has 0 aliphatic rings. The van der Waals surface area contributed by atoms with Crippen LogP contribution in [0.5, 0.6) is 0 Å². The van der Waals surface area contributed by atoms with Gasteiger partial charge in [0.2, 0.25) is 5.91 Å². The first-order valence-electron chi connectivity index (χ1n) is 8.36. The van der Waals surface area contributed by atoms with Crippen molar-refractivity contribution in [2.24, 2.45) is 0 Å². The standard InChI is InChI=1S/C19H17N5O2/c25-18(21-12-17-20-11-13-5-3-4-10-24(13)17)9-8-16-19(26)23-15-7-2-1-6-14(15)22-16/h1-7,10-11H,8-9,12H2,(H,21,25)(H,23,26). The molecule has 7 heteroatoms. The summed E-state index contributed by atoms with van der Waals surface area (Å²) in [4.78, 5) is 35.7. The predicted octanol–water partition coefficient (Wildman–Crippen LogP) is 1.82. The molecule has 3 aromatic heterocycles. The smallest absolute Gasteiger partial charge is 0.270 e. The molecule has 3 heterocycles. The summed E-state index contributed by atoms with van der Waals surface area (Å²) in [6.07, 6.45) is 4.15. The van der Waals surface area contributed by atoms with Gasteiger partial charge in [-0.1, -0.05) is 18.2 Å². The second-order valence-electron chi connectivity index (χ2n) is 5.98. The van der Waals surface area contributed by atoms with E-state index in [4.69, 9.17) is 0 Å². The first kappa shape index (κ1) is 16.0. The van der Waals surface area contributed by atoms with Gasteiger partial charge in [-0.05, 0) is 24.3 Å². The van der Waals surface area contributed by atoms with Gasteiger partial charge in [0.25, 0.3) is 5.56 Å². The van der Waals surface area contributed by atoms with E-state index in [1.807, 2.05) is 47.0 Å². The molecule has 0 aliphatic carbocycles. The topological polar surface area (TPSA) is 92.1 Å². The number of carbonyl (C=O) groups excluding carboxylic acids is 1. The minimum atomic E-state index is -0.254. The minimum Gasteiger partial charge on any atom is -0.349 e. The Kier molecular flexibility index (Phi) is 4.18. The summed E-state index contributed by atoms with van der Waals surface area (Å²) in [6.45, 7) is 0.332. The summed E-state index contributed by atoms with van der Waals surface area (Å²) in [6, 6.07) is 13.1. The number of carbonyl (C=O) groups is 1. The first-order chi connectivity index (χ1) is 12.7. The van der Waals surface area contributed by atoms with Gasteiger partial charge >= 0.3 is 0 Å². The van der Waals surface area contributed by atoms with Crippen molar-refractivity contribution in [3.8, 4) is 0 Å². The molecule has 0 spiro atoms. The Balaban J connectivity index is 1.40. The fourth-order valence-corrected chi connectivity index (χ4v) is 2.87. The zero-order valence-corrected chi connectivity index (χ0v) is 14.0. The highest BCUT2D eigenvalue weighted by Gasteiger charge is 2.09. The molecule has 0 unspecified atom stereocenters. The van der Waals surface area contributed by atoms with Gasteiger partial charge < -0.3 is 14.7 Å². The maximum absolute atomic E-state index is 12.1. The van der Waals surface area contributed by atoms with Crippen molar-refractivity contribution in [2.75, 3.05) is 0 Å². The molecule has 1 amide bonds. The number of aromatic amines is 1. The number of pyridine rings is 1. The van der Waals surface area contributed by atoms with Crippen LogP contribution in [-0.2, 0) is 17.8 Å². The zero-order chi connectivity index (χ0) is 17.9. The van der Waals surface area contributed by atoms with Crippen LogP contribution in [0.1, 0.15) is 17.9 Å². The third kappa shape index (κ3) is 3.19. The highest BCUT2D eigenvalue weighted by Crippen LogP contribution is 2.08. The molecule has 26 heavy (non-hydrogen) atoms. The summed E-state index contributed by atoms with van der Waals surface area (Å²) >= 11 is 0. The van der Waals surface area contributed by atoms with Gasteiger partial charge in [-0.3, -0.25) is 9.59 Å². The maximum Gasteiger partial charge on any atom is 0.270 e. The SMILES string of the molecule is O=C(CCc1nc2ccccc2[nH]c1=O)NCc1ncc2ccccn12. The fraction of sp³-hybridized carbons (Fsp3) is 0.158. The Labute approximate surface area is 148 Å². The molecule has 1 aromatic carbocycles.